The molecule has 0 aliphatic heterocycles. The molecule has 0 atom stereocenters. The van der Waals surface area contributed by atoms with Crippen molar-refractivity contribution in [2.24, 2.45) is 0 Å². The highest BCUT2D eigenvalue weighted by molar-refractivity contribution is 6.25. The van der Waals surface area contributed by atoms with Crippen molar-refractivity contribution in [1.82, 2.24) is 0 Å². The summed E-state index contributed by atoms with van der Waals surface area (Å²) in [6.45, 7) is -0.429. The smallest absolute Gasteiger partial charge is 0.192 e. The van der Waals surface area contributed by atoms with Crippen LogP contribution in [-0.2, 0) is 0 Å². The molecular formula is C12H10O4. The van der Waals surface area contributed by atoms with E-state index in [1.54, 1.807) is 18.2 Å². The fourth-order valence-electron chi connectivity index (χ4n) is 1.73. The predicted molar refractivity (Wildman–Crippen MR) is 56.8 cm³/mol. The van der Waals surface area contributed by atoms with Gasteiger partial charge in [0.05, 0.1) is 19.3 Å². The quantitative estimate of drug-likeness (QED) is 0.804. The first-order valence-electron chi connectivity index (χ1n) is 4.76. The molecule has 16 heavy (non-hydrogen) atoms. The van der Waals surface area contributed by atoms with Gasteiger partial charge in [-0.2, -0.15) is 0 Å². The minimum Gasteiger partial charge on any atom is -0.496 e. The summed E-state index contributed by atoms with van der Waals surface area (Å²) in [6.07, 6.45) is 1.16. The number of aliphatic hydroxyl groups excluding tert-OH is 1. The van der Waals surface area contributed by atoms with Gasteiger partial charge < -0.3 is 9.84 Å². The average molecular weight is 218 g/mol. The van der Waals surface area contributed by atoms with E-state index in [1.807, 2.05) is 0 Å². The normalized spacial score (nSPS) is 14.5. The van der Waals surface area contributed by atoms with Crippen LogP contribution in [0.4, 0.5) is 0 Å². The molecule has 0 spiro atoms. The van der Waals surface area contributed by atoms with Crippen molar-refractivity contribution in [3.63, 3.8) is 0 Å². The molecular weight excluding hydrogens is 208 g/mol. The Balaban J connectivity index is 2.65. The highest BCUT2D eigenvalue weighted by Gasteiger charge is 2.27. The van der Waals surface area contributed by atoms with Gasteiger partial charge in [-0.15, -0.1) is 0 Å². The zero-order valence-corrected chi connectivity index (χ0v) is 8.69. The first-order chi connectivity index (χ1) is 7.69. The van der Waals surface area contributed by atoms with Crippen LogP contribution < -0.4 is 4.74 Å². The van der Waals surface area contributed by atoms with Crippen LogP contribution >= 0.6 is 0 Å². The number of methoxy groups -OCH3 is 1. The van der Waals surface area contributed by atoms with E-state index in [4.69, 9.17) is 9.84 Å². The minimum atomic E-state index is -0.429. The molecule has 1 aromatic rings. The Hall–Kier alpha value is -1.94. The summed E-state index contributed by atoms with van der Waals surface area (Å²) in [5.41, 5.74) is 0.675. The number of fused-ring (bicyclic) bond motifs is 1. The molecule has 0 aromatic heterocycles. The third-order valence-corrected chi connectivity index (χ3v) is 2.50. The third-order valence-electron chi connectivity index (χ3n) is 2.50. The van der Waals surface area contributed by atoms with Gasteiger partial charge >= 0.3 is 0 Å². The van der Waals surface area contributed by atoms with E-state index in [-0.39, 0.29) is 28.3 Å². The molecule has 0 saturated carbocycles. The van der Waals surface area contributed by atoms with E-state index >= 15 is 0 Å². The summed E-state index contributed by atoms with van der Waals surface area (Å²) in [7, 11) is 1.44. The highest BCUT2D eigenvalue weighted by atomic mass is 16.5. The van der Waals surface area contributed by atoms with E-state index in [0.29, 0.717) is 5.75 Å². The number of benzene rings is 1. The minimum absolute atomic E-state index is 0.116. The monoisotopic (exact) mass is 218 g/mol. The molecule has 1 aliphatic carbocycles. The molecule has 0 amide bonds. The zero-order valence-electron chi connectivity index (χ0n) is 8.69. The van der Waals surface area contributed by atoms with Crippen molar-refractivity contribution < 1.29 is 19.4 Å². The first kappa shape index (κ1) is 10.6. The van der Waals surface area contributed by atoms with Crippen molar-refractivity contribution >= 4 is 11.6 Å². The number of allylic oxidation sites excluding steroid dienone is 1. The second-order valence-corrected chi connectivity index (χ2v) is 3.40. The number of ether oxygens (including phenoxy) is 1. The van der Waals surface area contributed by atoms with Gasteiger partial charge in [-0.1, -0.05) is 12.1 Å². The number of carbonyl (C=O) groups is 2. The van der Waals surface area contributed by atoms with Crippen LogP contribution in [0.2, 0.25) is 0 Å². The molecule has 0 fully saturated rings. The number of hydrogen-bond acceptors (Lipinski definition) is 4. The van der Waals surface area contributed by atoms with Crippen LogP contribution in [0.1, 0.15) is 20.7 Å². The van der Waals surface area contributed by atoms with Crippen LogP contribution in [0.3, 0.4) is 0 Å². The Morgan fingerprint density at radius 3 is 2.69 bits per heavy atom. The van der Waals surface area contributed by atoms with Crippen molar-refractivity contribution in [1.29, 1.82) is 0 Å². The van der Waals surface area contributed by atoms with Crippen LogP contribution in [-0.4, -0.2) is 30.4 Å². The Morgan fingerprint density at radius 2 is 2.06 bits per heavy atom. The lowest BCUT2D eigenvalue weighted by molar-refractivity contribution is 0.0970. The Bertz CT molecular complexity index is 500. The molecule has 0 heterocycles. The number of ketones is 2. The summed E-state index contributed by atoms with van der Waals surface area (Å²) in [5, 5.41) is 8.96. The van der Waals surface area contributed by atoms with Gasteiger partial charge in [0.25, 0.3) is 0 Å². The van der Waals surface area contributed by atoms with Crippen LogP contribution in [0.15, 0.2) is 29.8 Å². The average Bonchev–Trinajstić information content (AvgIpc) is 2.32. The molecule has 1 aliphatic rings. The van der Waals surface area contributed by atoms with Crippen LogP contribution in [0.25, 0.3) is 0 Å². The summed E-state index contributed by atoms with van der Waals surface area (Å²) in [6, 6.07) is 4.83. The number of carbonyl (C=O) groups excluding carboxylic acids is 2. The van der Waals surface area contributed by atoms with Gasteiger partial charge in [0.1, 0.15) is 5.75 Å². The molecule has 1 aromatic carbocycles. The van der Waals surface area contributed by atoms with E-state index < -0.39 is 6.61 Å². The van der Waals surface area contributed by atoms with Crippen molar-refractivity contribution in [2.45, 2.75) is 0 Å². The molecule has 4 nitrogen and oxygen atoms in total. The highest BCUT2D eigenvalue weighted by Crippen LogP contribution is 2.28. The standard InChI is InChI=1S/C12H10O4/c1-16-10-4-2-3-8-11(10)9(14)5-7(6-13)12(8)15/h2-5,13H,6H2,1H3. The third kappa shape index (κ3) is 1.44. The Kier molecular flexibility index (Phi) is 2.58. The molecule has 2 rings (SSSR count). The topological polar surface area (TPSA) is 63.6 Å². The van der Waals surface area contributed by atoms with Gasteiger partial charge in [0.2, 0.25) is 0 Å². The predicted octanol–water partition coefficient (Wildman–Crippen LogP) is 0.993. The molecule has 1 N–H and O–H groups in total. The van der Waals surface area contributed by atoms with Gasteiger partial charge in [0, 0.05) is 11.1 Å². The fraction of sp³-hybridized carbons (Fsp3) is 0.167. The SMILES string of the molecule is COc1cccc2c1C(=O)C=C(CO)C2=O. The second-order valence-electron chi connectivity index (χ2n) is 3.40. The maximum absolute atomic E-state index is 11.8. The largest absolute Gasteiger partial charge is 0.496 e. The molecule has 0 saturated heterocycles. The lowest BCUT2D eigenvalue weighted by Crippen LogP contribution is -2.19. The van der Waals surface area contributed by atoms with Gasteiger partial charge in [0.15, 0.2) is 11.6 Å². The molecule has 82 valence electrons. The number of Topliss-reactive ketones (excluding diaryl/α,β-unsaturated/α-hetero) is 1. The van der Waals surface area contributed by atoms with Crippen molar-refractivity contribution in [3.8, 4) is 5.75 Å². The maximum atomic E-state index is 11.8. The fourth-order valence-corrected chi connectivity index (χ4v) is 1.73. The Morgan fingerprint density at radius 1 is 1.31 bits per heavy atom. The van der Waals surface area contributed by atoms with E-state index in [2.05, 4.69) is 0 Å². The zero-order chi connectivity index (χ0) is 11.7. The number of hydrogen-bond donors (Lipinski definition) is 1. The summed E-state index contributed by atoms with van der Waals surface area (Å²) < 4.78 is 5.04. The van der Waals surface area contributed by atoms with Crippen LogP contribution in [0.5, 0.6) is 5.75 Å². The summed E-state index contributed by atoms with van der Waals surface area (Å²) in [4.78, 5) is 23.6. The summed E-state index contributed by atoms with van der Waals surface area (Å²) >= 11 is 0. The maximum Gasteiger partial charge on any atom is 0.192 e. The van der Waals surface area contributed by atoms with Gasteiger partial charge in [-0.3, -0.25) is 9.59 Å². The number of rotatable bonds is 2. The molecule has 0 bridgehead atoms. The number of aliphatic hydroxyl groups is 1. The van der Waals surface area contributed by atoms with Crippen LogP contribution in [0, 0.1) is 0 Å². The van der Waals surface area contributed by atoms with Crippen molar-refractivity contribution in [2.75, 3.05) is 13.7 Å². The van der Waals surface area contributed by atoms with E-state index in [1.165, 1.54) is 7.11 Å². The van der Waals surface area contributed by atoms with Crippen molar-refractivity contribution in [3.05, 3.63) is 41.0 Å². The Labute approximate surface area is 92.2 Å². The lowest BCUT2D eigenvalue weighted by atomic mass is 9.89. The lowest BCUT2D eigenvalue weighted by Gasteiger charge is -2.15. The summed E-state index contributed by atoms with van der Waals surface area (Å²) in [5.74, 6) is -0.254. The van der Waals surface area contributed by atoms with Gasteiger partial charge in [-0.05, 0) is 12.1 Å². The molecule has 4 heteroatoms. The molecule has 0 radical (unpaired) electrons. The second kappa shape index (κ2) is 3.90. The van der Waals surface area contributed by atoms with E-state index in [9.17, 15) is 9.59 Å². The first-order valence-corrected chi connectivity index (χ1v) is 4.76. The van der Waals surface area contributed by atoms with Gasteiger partial charge in [-0.25, -0.2) is 0 Å². The molecule has 0 unspecified atom stereocenters. The van der Waals surface area contributed by atoms with E-state index in [0.717, 1.165) is 6.08 Å².